The highest BCUT2D eigenvalue weighted by atomic mass is 79.9. The largest absolute Gasteiger partial charge is 1.00 e. The molecule has 0 nitrogen and oxygen atoms in total. The van der Waals surface area contributed by atoms with Crippen molar-refractivity contribution in [2.24, 2.45) is 0 Å². The quantitative estimate of drug-likeness (QED) is 0.281. The molecule has 0 unspecified atom stereocenters. The summed E-state index contributed by atoms with van der Waals surface area (Å²) in [7, 11) is -2.38. The molecule has 4 rings (SSSR count). The zero-order chi connectivity index (χ0) is 21.9. The normalized spacial score (nSPS) is 11.6. The molecule has 0 amide bonds. The lowest BCUT2D eigenvalue weighted by molar-refractivity contribution is -0.137. The van der Waals surface area contributed by atoms with Crippen molar-refractivity contribution in [3.8, 4) is 0 Å². The molecule has 0 saturated heterocycles. The Morgan fingerprint density at radius 2 is 1.00 bits per heavy atom. The van der Waals surface area contributed by atoms with Crippen LogP contribution in [0.3, 0.4) is 0 Å². The average Bonchev–Trinajstić information content (AvgIpc) is 2.79. The summed E-state index contributed by atoms with van der Waals surface area (Å²) in [4.78, 5) is 0. The van der Waals surface area contributed by atoms with Crippen LogP contribution in [0.15, 0.2) is 109 Å². The van der Waals surface area contributed by atoms with Crippen LogP contribution in [-0.2, 0) is 12.3 Å². The van der Waals surface area contributed by atoms with Gasteiger partial charge >= 0.3 is 6.18 Å². The predicted octanol–water partition coefficient (Wildman–Crippen LogP) is 3.34. The SMILES string of the molecule is Fc1cc(C(F)(F)F)ccc1C[P+](c1ccccc1)(c1ccccc1)c1ccccc1.[Br-]. The van der Waals surface area contributed by atoms with Gasteiger partial charge in [-0.15, -0.1) is 0 Å². The Morgan fingerprint density at radius 3 is 1.34 bits per heavy atom. The van der Waals surface area contributed by atoms with Crippen molar-refractivity contribution < 1.29 is 34.5 Å². The average molecular weight is 519 g/mol. The highest BCUT2D eigenvalue weighted by molar-refractivity contribution is 7.95. The Morgan fingerprint density at radius 1 is 0.594 bits per heavy atom. The van der Waals surface area contributed by atoms with E-state index in [0.717, 1.165) is 22.0 Å². The maximum atomic E-state index is 15.0. The lowest BCUT2D eigenvalue weighted by Gasteiger charge is -2.28. The predicted molar refractivity (Wildman–Crippen MR) is 120 cm³/mol. The van der Waals surface area contributed by atoms with Crippen LogP contribution in [0.5, 0.6) is 0 Å². The summed E-state index contributed by atoms with van der Waals surface area (Å²) in [6, 6.07) is 32.4. The van der Waals surface area contributed by atoms with Gasteiger partial charge in [0.2, 0.25) is 0 Å². The highest BCUT2D eigenvalue weighted by Crippen LogP contribution is 2.58. The van der Waals surface area contributed by atoms with Gasteiger partial charge in [-0.3, -0.25) is 0 Å². The van der Waals surface area contributed by atoms with E-state index in [4.69, 9.17) is 0 Å². The molecule has 0 bridgehead atoms. The molecule has 0 saturated carbocycles. The number of rotatable bonds is 5. The molecule has 0 fully saturated rings. The van der Waals surface area contributed by atoms with Gasteiger partial charge in [0.15, 0.2) is 0 Å². The Kier molecular flexibility index (Phi) is 7.53. The molecule has 0 radical (unpaired) electrons. The second-order valence-corrected chi connectivity index (χ2v) is 10.8. The maximum Gasteiger partial charge on any atom is 0.416 e. The molecule has 4 aromatic carbocycles. The number of hydrogen-bond acceptors (Lipinski definition) is 0. The number of alkyl halides is 3. The van der Waals surface area contributed by atoms with Crippen molar-refractivity contribution in [2.45, 2.75) is 12.3 Å². The van der Waals surface area contributed by atoms with E-state index in [0.29, 0.717) is 6.07 Å². The van der Waals surface area contributed by atoms with Gasteiger partial charge in [0.05, 0.1) is 5.56 Å². The van der Waals surface area contributed by atoms with E-state index in [1.165, 1.54) is 6.07 Å². The van der Waals surface area contributed by atoms with Crippen molar-refractivity contribution in [3.05, 3.63) is 126 Å². The van der Waals surface area contributed by atoms with Crippen LogP contribution in [0.4, 0.5) is 17.6 Å². The molecule has 0 aromatic heterocycles. The molecule has 164 valence electrons. The fourth-order valence-corrected chi connectivity index (χ4v) is 8.13. The van der Waals surface area contributed by atoms with Crippen molar-refractivity contribution in [2.75, 3.05) is 0 Å². The fourth-order valence-electron chi connectivity index (χ4n) is 3.88. The Hall–Kier alpha value is -2.49. The third-order valence-corrected chi connectivity index (χ3v) is 9.73. The standard InChI is InChI=1S/C26H20F4P.BrH/c27-25-18-21(26(28,29)30)17-16-20(25)19-31(22-10-4-1-5-11-22,23-12-6-2-7-13-23)24-14-8-3-9-15-24;/h1-18H,19H2;1H/q+1;/p-1. The second kappa shape index (κ2) is 9.97. The molecule has 0 aliphatic heterocycles. The molecule has 0 spiro atoms. The van der Waals surface area contributed by atoms with E-state index >= 15 is 0 Å². The van der Waals surface area contributed by atoms with Crippen molar-refractivity contribution in [1.82, 2.24) is 0 Å². The Labute approximate surface area is 196 Å². The number of halogens is 5. The van der Waals surface area contributed by atoms with Crippen LogP contribution in [0.25, 0.3) is 0 Å². The van der Waals surface area contributed by atoms with Gasteiger partial charge in [-0.05, 0) is 48.5 Å². The second-order valence-electron chi connectivity index (χ2n) is 7.28. The first kappa shape index (κ1) is 24.2. The van der Waals surface area contributed by atoms with Gasteiger partial charge in [-0.25, -0.2) is 4.39 Å². The lowest BCUT2D eigenvalue weighted by atomic mass is 10.1. The molecular weight excluding hydrogens is 499 g/mol. The first-order chi connectivity index (χ1) is 14.9. The summed E-state index contributed by atoms with van der Waals surface area (Å²) in [5.41, 5.74) is -0.699. The van der Waals surface area contributed by atoms with Crippen molar-refractivity contribution in [3.63, 3.8) is 0 Å². The fraction of sp³-hybridized carbons (Fsp3) is 0.0769. The van der Waals surface area contributed by atoms with Crippen LogP contribution in [-0.4, -0.2) is 0 Å². The summed E-state index contributed by atoms with van der Waals surface area (Å²) in [5, 5.41) is 3.14. The minimum Gasteiger partial charge on any atom is -1.00 e. The molecule has 0 aliphatic carbocycles. The van der Waals surface area contributed by atoms with E-state index in [9.17, 15) is 17.6 Å². The van der Waals surface area contributed by atoms with E-state index in [-0.39, 0.29) is 28.7 Å². The van der Waals surface area contributed by atoms with E-state index in [1.807, 2.05) is 91.0 Å². The van der Waals surface area contributed by atoms with Gasteiger partial charge < -0.3 is 17.0 Å². The van der Waals surface area contributed by atoms with E-state index < -0.39 is 24.8 Å². The van der Waals surface area contributed by atoms with Crippen molar-refractivity contribution >= 4 is 23.2 Å². The Balaban J connectivity index is 0.00000289. The minimum atomic E-state index is -4.58. The molecular formula is C26H20BrF4P. The van der Waals surface area contributed by atoms with Gasteiger partial charge in [0.25, 0.3) is 0 Å². The van der Waals surface area contributed by atoms with E-state index in [2.05, 4.69) is 0 Å². The van der Waals surface area contributed by atoms with Gasteiger partial charge in [-0.2, -0.15) is 13.2 Å². The summed E-state index contributed by atoms with van der Waals surface area (Å²) in [6.45, 7) is 0. The third-order valence-electron chi connectivity index (χ3n) is 5.38. The summed E-state index contributed by atoms with van der Waals surface area (Å²) in [5.74, 6) is -0.831. The molecule has 6 heteroatoms. The first-order valence-electron chi connectivity index (χ1n) is 9.82. The van der Waals surface area contributed by atoms with Gasteiger partial charge in [-0.1, -0.05) is 60.7 Å². The molecule has 0 N–H and O–H groups in total. The number of hydrogen-bond donors (Lipinski definition) is 0. The van der Waals surface area contributed by atoms with Crippen LogP contribution < -0.4 is 32.9 Å². The topological polar surface area (TPSA) is 0 Å². The first-order valence-corrected chi connectivity index (χ1v) is 11.8. The van der Waals surface area contributed by atoms with Gasteiger partial charge in [0.1, 0.15) is 35.2 Å². The minimum absolute atomic E-state index is 0. The maximum absolute atomic E-state index is 15.0. The molecule has 0 atom stereocenters. The van der Waals surface area contributed by atoms with E-state index in [1.54, 1.807) is 0 Å². The highest BCUT2D eigenvalue weighted by Gasteiger charge is 2.46. The number of benzene rings is 4. The monoisotopic (exact) mass is 518 g/mol. The van der Waals surface area contributed by atoms with Crippen molar-refractivity contribution in [1.29, 1.82) is 0 Å². The zero-order valence-corrected chi connectivity index (χ0v) is 19.4. The Bertz CT molecular complexity index is 1050. The zero-order valence-electron chi connectivity index (χ0n) is 16.9. The van der Waals surface area contributed by atoms with Crippen LogP contribution in [0.2, 0.25) is 0 Å². The molecule has 0 aliphatic rings. The smallest absolute Gasteiger partial charge is 0.416 e. The molecule has 4 aromatic rings. The van der Waals surface area contributed by atoms with Crippen LogP contribution >= 0.6 is 7.26 Å². The summed E-state index contributed by atoms with van der Waals surface area (Å²) < 4.78 is 54.2. The van der Waals surface area contributed by atoms with Crippen LogP contribution in [0, 0.1) is 5.82 Å². The summed E-state index contributed by atoms with van der Waals surface area (Å²) in [6.07, 6.45) is -4.29. The summed E-state index contributed by atoms with van der Waals surface area (Å²) >= 11 is 0. The molecule has 32 heavy (non-hydrogen) atoms. The third kappa shape index (κ3) is 4.79. The van der Waals surface area contributed by atoms with Crippen LogP contribution in [0.1, 0.15) is 11.1 Å². The lowest BCUT2D eigenvalue weighted by Crippen LogP contribution is -3.00. The van der Waals surface area contributed by atoms with Gasteiger partial charge in [0, 0.05) is 5.56 Å². The molecule has 0 heterocycles.